The van der Waals surface area contributed by atoms with Gasteiger partial charge in [-0.05, 0) is 38.1 Å². The van der Waals surface area contributed by atoms with Gasteiger partial charge in [-0.1, -0.05) is 20.8 Å². The Morgan fingerprint density at radius 3 is 2.79 bits per heavy atom. The highest BCUT2D eigenvalue weighted by Crippen LogP contribution is 2.16. The molecule has 0 spiro atoms. The quantitative estimate of drug-likeness (QED) is 0.717. The molecular formula is C15H30N2O2. The van der Waals surface area contributed by atoms with Gasteiger partial charge in [0.2, 0.25) is 0 Å². The molecule has 1 fully saturated rings. The van der Waals surface area contributed by atoms with Gasteiger partial charge < -0.3 is 10.1 Å². The van der Waals surface area contributed by atoms with Crippen LogP contribution in [0.4, 0.5) is 0 Å². The Labute approximate surface area is 117 Å². The van der Waals surface area contributed by atoms with E-state index < -0.39 is 0 Å². The van der Waals surface area contributed by atoms with E-state index in [0.717, 1.165) is 25.6 Å². The van der Waals surface area contributed by atoms with Crippen molar-refractivity contribution < 1.29 is 9.53 Å². The third-order valence-electron chi connectivity index (χ3n) is 3.55. The van der Waals surface area contributed by atoms with Gasteiger partial charge in [-0.3, -0.25) is 9.69 Å². The van der Waals surface area contributed by atoms with Gasteiger partial charge in [0, 0.05) is 19.1 Å². The van der Waals surface area contributed by atoms with E-state index in [4.69, 9.17) is 4.74 Å². The first kappa shape index (κ1) is 16.4. The molecule has 2 unspecified atom stereocenters. The second-order valence-electron chi connectivity index (χ2n) is 6.17. The SMILES string of the molecule is CCOC(=O)CN1CC(C)CC(NCCC(C)C)C1. The summed E-state index contributed by atoms with van der Waals surface area (Å²) in [5.74, 6) is 1.28. The lowest BCUT2D eigenvalue weighted by Gasteiger charge is -2.36. The Morgan fingerprint density at radius 2 is 2.16 bits per heavy atom. The van der Waals surface area contributed by atoms with Gasteiger partial charge in [0.15, 0.2) is 0 Å². The maximum absolute atomic E-state index is 11.5. The monoisotopic (exact) mass is 270 g/mol. The number of likely N-dealkylation sites (tertiary alicyclic amines) is 1. The highest BCUT2D eigenvalue weighted by molar-refractivity contribution is 5.71. The van der Waals surface area contributed by atoms with E-state index in [2.05, 4.69) is 31.0 Å². The molecule has 1 rings (SSSR count). The molecule has 0 saturated carbocycles. The Kier molecular flexibility index (Phi) is 7.39. The Bertz CT molecular complexity index is 269. The summed E-state index contributed by atoms with van der Waals surface area (Å²) in [5.41, 5.74) is 0. The van der Waals surface area contributed by atoms with Crippen LogP contribution in [0.3, 0.4) is 0 Å². The Balaban J connectivity index is 2.33. The van der Waals surface area contributed by atoms with Crippen molar-refractivity contribution in [2.75, 3.05) is 32.8 Å². The number of nitrogens with one attached hydrogen (secondary N) is 1. The van der Waals surface area contributed by atoms with E-state index in [9.17, 15) is 4.79 Å². The van der Waals surface area contributed by atoms with Crippen molar-refractivity contribution in [3.63, 3.8) is 0 Å². The molecule has 1 heterocycles. The van der Waals surface area contributed by atoms with Crippen LogP contribution >= 0.6 is 0 Å². The third-order valence-corrected chi connectivity index (χ3v) is 3.55. The predicted molar refractivity (Wildman–Crippen MR) is 78.1 cm³/mol. The first-order chi connectivity index (χ1) is 9.01. The van der Waals surface area contributed by atoms with Crippen LogP contribution in [0.5, 0.6) is 0 Å². The fraction of sp³-hybridized carbons (Fsp3) is 0.933. The summed E-state index contributed by atoms with van der Waals surface area (Å²) >= 11 is 0. The zero-order valence-corrected chi connectivity index (χ0v) is 12.9. The van der Waals surface area contributed by atoms with Crippen LogP contribution in [0.15, 0.2) is 0 Å². The molecule has 19 heavy (non-hydrogen) atoms. The molecule has 4 heteroatoms. The van der Waals surface area contributed by atoms with Crippen molar-refractivity contribution in [3.8, 4) is 0 Å². The number of piperidine rings is 1. The summed E-state index contributed by atoms with van der Waals surface area (Å²) in [6.07, 6.45) is 2.42. The van der Waals surface area contributed by atoms with Crippen molar-refractivity contribution in [1.82, 2.24) is 10.2 Å². The summed E-state index contributed by atoms with van der Waals surface area (Å²) in [4.78, 5) is 13.8. The smallest absolute Gasteiger partial charge is 0.320 e. The third kappa shape index (κ3) is 6.92. The number of esters is 1. The zero-order valence-electron chi connectivity index (χ0n) is 12.9. The second kappa shape index (κ2) is 8.54. The molecule has 1 N–H and O–H groups in total. The highest BCUT2D eigenvalue weighted by Gasteiger charge is 2.25. The van der Waals surface area contributed by atoms with E-state index in [0.29, 0.717) is 25.1 Å². The van der Waals surface area contributed by atoms with Gasteiger partial charge in [-0.25, -0.2) is 0 Å². The maximum atomic E-state index is 11.5. The number of carbonyl (C=O) groups is 1. The molecule has 0 aromatic carbocycles. The topological polar surface area (TPSA) is 41.6 Å². The van der Waals surface area contributed by atoms with E-state index in [1.54, 1.807) is 0 Å². The summed E-state index contributed by atoms with van der Waals surface area (Å²) in [5, 5.41) is 3.62. The number of hydrogen-bond acceptors (Lipinski definition) is 4. The zero-order chi connectivity index (χ0) is 14.3. The largest absolute Gasteiger partial charge is 0.465 e. The van der Waals surface area contributed by atoms with Crippen LogP contribution in [0.2, 0.25) is 0 Å². The minimum absolute atomic E-state index is 0.0995. The van der Waals surface area contributed by atoms with E-state index in [1.165, 1.54) is 12.8 Å². The van der Waals surface area contributed by atoms with Gasteiger partial charge in [0.05, 0.1) is 13.2 Å². The maximum Gasteiger partial charge on any atom is 0.320 e. The molecule has 0 aromatic heterocycles. The number of rotatable bonds is 7. The molecule has 1 saturated heterocycles. The van der Waals surface area contributed by atoms with Gasteiger partial charge in [0.1, 0.15) is 0 Å². The number of carbonyl (C=O) groups excluding carboxylic acids is 1. The lowest BCUT2D eigenvalue weighted by molar-refractivity contribution is -0.144. The highest BCUT2D eigenvalue weighted by atomic mass is 16.5. The molecule has 0 bridgehead atoms. The lowest BCUT2D eigenvalue weighted by atomic mass is 9.95. The number of ether oxygens (including phenoxy) is 1. The number of nitrogens with zero attached hydrogens (tertiary/aromatic N) is 1. The van der Waals surface area contributed by atoms with Crippen LogP contribution in [-0.4, -0.2) is 49.7 Å². The van der Waals surface area contributed by atoms with Crippen LogP contribution in [0.25, 0.3) is 0 Å². The van der Waals surface area contributed by atoms with E-state index >= 15 is 0 Å². The van der Waals surface area contributed by atoms with Crippen molar-refractivity contribution in [2.45, 2.75) is 46.6 Å². The van der Waals surface area contributed by atoms with Crippen molar-refractivity contribution in [3.05, 3.63) is 0 Å². The second-order valence-corrected chi connectivity index (χ2v) is 6.17. The molecule has 1 aliphatic heterocycles. The summed E-state index contributed by atoms with van der Waals surface area (Å²) in [7, 11) is 0. The summed E-state index contributed by atoms with van der Waals surface area (Å²) < 4.78 is 5.03. The van der Waals surface area contributed by atoms with Crippen molar-refractivity contribution >= 4 is 5.97 Å². The van der Waals surface area contributed by atoms with Crippen LogP contribution < -0.4 is 5.32 Å². The number of hydrogen-bond donors (Lipinski definition) is 1. The van der Waals surface area contributed by atoms with Gasteiger partial charge >= 0.3 is 5.97 Å². The molecule has 0 aromatic rings. The summed E-state index contributed by atoms with van der Waals surface area (Å²) in [6.45, 7) is 12.5. The molecule has 1 aliphatic rings. The van der Waals surface area contributed by atoms with Crippen LogP contribution in [0.1, 0.15) is 40.5 Å². The minimum Gasteiger partial charge on any atom is -0.465 e. The van der Waals surface area contributed by atoms with Gasteiger partial charge in [-0.15, -0.1) is 0 Å². The average Bonchev–Trinajstić information content (AvgIpc) is 2.27. The molecule has 4 nitrogen and oxygen atoms in total. The molecule has 0 aliphatic carbocycles. The van der Waals surface area contributed by atoms with Crippen molar-refractivity contribution in [2.24, 2.45) is 11.8 Å². The van der Waals surface area contributed by atoms with Gasteiger partial charge in [-0.2, -0.15) is 0 Å². The summed E-state index contributed by atoms with van der Waals surface area (Å²) in [6, 6.07) is 0.511. The normalized spacial score (nSPS) is 24.7. The van der Waals surface area contributed by atoms with Crippen LogP contribution in [-0.2, 0) is 9.53 Å². The standard InChI is InChI=1S/C15H30N2O2/c1-5-19-15(18)11-17-9-13(4)8-14(10-17)16-7-6-12(2)3/h12-14,16H,5-11H2,1-4H3. The molecule has 0 amide bonds. The minimum atomic E-state index is -0.0995. The molecule has 0 radical (unpaired) electrons. The molecular weight excluding hydrogens is 240 g/mol. The Morgan fingerprint density at radius 1 is 1.42 bits per heavy atom. The van der Waals surface area contributed by atoms with E-state index in [1.807, 2.05) is 6.92 Å². The predicted octanol–water partition coefficient (Wildman–Crippen LogP) is 1.90. The first-order valence-electron chi connectivity index (χ1n) is 7.62. The van der Waals surface area contributed by atoms with Crippen molar-refractivity contribution in [1.29, 1.82) is 0 Å². The molecule has 2 atom stereocenters. The fourth-order valence-electron chi connectivity index (χ4n) is 2.70. The molecule has 112 valence electrons. The fourth-order valence-corrected chi connectivity index (χ4v) is 2.70. The average molecular weight is 270 g/mol. The first-order valence-corrected chi connectivity index (χ1v) is 7.62. The van der Waals surface area contributed by atoms with E-state index in [-0.39, 0.29) is 5.97 Å². The van der Waals surface area contributed by atoms with Crippen LogP contribution in [0, 0.1) is 11.8 Å². The van der Waals surface area contributed by atoms with Gasteiger partial charge in [0.25, 0.3) is 0 Å². The lowest BCUT2D eigenvalue weighted by Crippen LogP contribution is -2.50. The Hall–Kier alpha value is -0.610.